The van der Waals surface area contributed by atoms with E-state index in [1.54, 1.807) is 0 Å². The molecule has 1 saturated heterocycles. The number of benzene rings is 1. The van der Waals surface area contributed by atoms with Crippen LogP contribution in [0.1, 0.15) is 25.3 Å². The molecule has 0 bridgehead atoms. The summed E-state index contributed by atoms with van der Waals surface area (Å²) in [7, 11) is 0. The summed E-state index contributed by atoms with van der Waals surface area (Å²) >= 11 is 6.24. The first-order chi connectivity index (χ1) is 9.79. The Morgan fingerprint density at radius 3 is 2.80 bits per heavy atom. The molecule has 2 rings (SSSR count). The van der Waals surface area contributed by atoms with Crippen molar-refractivity contribution in [2.75, 3.05) is 39.5 Å². The van der Waals surface area contributed by atoms with Gasteiger partial charge in [0.2, 0.25) is 0 Å². The maximum absolute atomic E-state index is 6.24. The Bertz CT molecular complexity index is 405. The Labute approximate surface area is 126 Å². The van der Waals surface area contributed by atoms with Crippen molar-refractivity contribution in [1.29, 1.82) is 0 Å². The summed E-state index contributed by atoms with van der Waals surface area (Å²) in [5.41, 5.74) is 1.28. The fourth-order valence-electron chi connectivity index (χ4n) is 2.36. The maximum Gasteiger partial charge on any atom is 0.137 e. The summed E-state index contributed by atoms with van der Waals surface area (Å²) in [4.78, 5) is 2.46. The van der Waals surface area contributed by atoms with Crippen molar-refractivity contribution in [2.45, 2.75) is 26.2 Å². The van der Waals surface area contributed by atoms with Gasteiger partial charge in [-0.2, -0.15) is 0 Å². The van der Waals surface area contributed by atoms with Crippen molar-refractivity contribution in [1.82, 2.24) is 4.90 Å². The molecule has 1 aliphatic heterocycles. The summed E-state index contributed by atoms with van der Waals surface area (Å²) in [5.74, 6) is 0.797. The SMILES string of the molecule is CCCOc1ccc(CCCN2CCOCC2)cc1Cl. The molecular weight excluding hydrogens is 274 g/mol. The van der Waals surface area contributed by atoms with Crippen LogP contribution in [0, 0.1) is 0 Å². The molecule has 1 fully saturated rings. The smallest absolute Gasteiger partial charge is 0.137 e. The summed E-state index contributed by atoms with van der Waals surface area (Å²) in [6, 6.07) is 6.14. The average molecular weight is 298 g/mol. The van der Waals surface area contributed by atoms with Gasteiger partial charge in [0.15, 0.2) is 0 Å². The molecule has 0 saturated carbocycles. The summed E-state index contributed by atoms with van der Waals surface area (Å²) in [6.07, 6.45) is 3.22. The minimum absolute atomic E-state index is 0.718. The summed E-state index contributed by atoms with van der Waals surface area (Å²) in [5, 5.41) is 0.724. The van der Waals surface area contributed by atoms with Crippen molar-refractivity contribution in [3.63, 3.8) is 0 Å². The van der Waals surface area contributed by atoms with Crippen LogP contribution in [0.3, 0.4) is 0 Å². The van der Waals surface area contributed by atoms with E-state index >= 15 is 0 Å². The Morgan fingerprint density at radius 1 is 1.30 bits per heavy atom. The topological polar surface area (TPSA) is 21.7 Å². The third kappa shape index (κ3) is 4.97. The molecule has 0 aromatic heterocycles. The predicted octanol–water partition coefficient (Wildman–Crippen LogP) is 3.39. The molecule has 1 heterocycles. The molecule has 1 aliphatic rings. The Hall–Kier alpha value is -0.770. The summed E-state index contributed by atoms with van der Waals surface area (Å²) < 4.78 is 10.9. The molecule has 0 radical (unpaired) electrons. The van der Waals surface area contributed by atoms with Crippen molar-refractivity contribution in [2.24, 2.45) is 0 Å². The molecular formula is C16H24ClNO2. The lowest BCUT2D eigenvalue weighted by molar-refractivity contribution is 0.0375. The van der Waals surface area contributed by atoms with Crippen LogP contribution in [0.15, 0.2) is 18.2 Å². The highest BCUT2D eigenvalue weighted by Gasteiger charge is 2.09. The number of nitrogens with zero attached hydrogens (tertiary/aromatic N) is 1. The highest BCUT2D eigenvalue weighted by molar-refractivity contribution is 6.32. The largest absolute Gasteiger partial charge is 0.492 e. The van der Waals surface area contributed by atoms with E-state index in [2.05, 4.69) is 17.9 Å². The first-order valence-corrected chi connectivity index (χ1v) is 7.88. The minimum Gasteiger partial charge on any atom is -0.492 e. The van der Waals surface area contributed by atoms with E-state index in [1.165, 1.54) is 5.56 Å². The fourth-order valence-corrected chi connectivity index (χ4v) is 2.62. The van der Waals surface area contributed by atoms with Crippen molar-refractivity contribution in [3.8, 4) is 5.75 Å². The second-order valence-electron chi connectivity index (χ2n) is 5.17. The van der Waals surface area contributed by atoms with Gasteiger partial charge in [-0.3, -0.25) is 4.90 Å². The Kier molecular flexibility index (Phi) is 6.64. The van der Waals surface area contributed by atoms with Crippen LogP contribution in [0.25, 0.3) is 0 Å². The summed E-state index contributed by atoms with van der Waals surface area (Å²) in [6.45, 7) is 7.80. The second kappa shape index (κ2) is 8.50. The molecule has 4 heteroatoms. The van der Waals surface area contributed by atoms with Crippen LogP contribution >= 0.6 is 11.6 Å². The van der Waals surface area contributed by atoms with Crippen LogP contribution in [0.4, 0.5) is 0 Å². The number of hydrogen-bond acceptors (Lipinski definition) is 3. The van der Waals surface area contributed by atoms with Crippen LogP contribution in [-0.4, -0.2) is 44.4 Å². The monoisotopic (exact) mass is 297 g/mol. The van der Waals surface area contributed by atoms with E-state index in [1.807, 2.05) is 12.1 Å². The van der Waals surface area contributed by atoms with Gasteiger partial charge in [-0.15, -0.1) is 0 Å². The first kappa shape index (κ1) is 15.6. The van der Waals surface area contributed by atoms with E-state index in [0.717, 1.165) is 69.5 Å². The zero-order chi connectivity index (χ0) is 14.2. The van der Waals surface area contributed by atoms with Gasteiger partial charge in [0.1, 0.15) is 5.75 Å². The number of aryl methyl sites for hydroxylation is 1. The van der Waals surface area contributed by atoms with Crippen LogP contribution in [0.5, 0.6) is 5.75 Å². The molecule has 0 spiro atoms. The van der Waals surface area contributed by atoms with Crippen molar-refractivity contribution < 1.29 is 9.47 Å². The van der Waals surface area contributed by atoms with E-state index in [4.69, 9.17) is 21.1 Å². The van der Waals surface area contributed by atoms with Crippen molar-refractivity contribution >= 4 is 11.6 Å². The van der Waals surface area contributed by atoms with Crippen molar-refractivity contribution in [3.05, 3.63) is 28.8 Å². The predicted molar refractivity (Wildman–Crippen MR) is 82.8 cm³/mol. The Balaban J connectivity index is 1.76. The molecule has 3 nitrogen and oxygen atoms in total. The van der Waals surface area contributed by atoms with Gasteiger partial charge in [-0.05, 0) is 43.5 Å². The van der Waals surface area contributed by atoms with E-state index in [0.29, 0.717) is 0 Å². The molecule has 0 aliphatic carbocycles. The number of rotatable bonds is 7. The van der Waals surface area contributed by atoms with Gasteiger partial charge in [-0.25, -0.2) is 0 Å². The molecule has 1 aromatic rings. The normalized spacial score (nSPS) is 16.3. The number of hydrogen-bond donors (Lipinski definition) is 0. The third-order valence-corrected chi connectivity index (χ3v) is 3.80. The molecule has 0 N–H and O–H groups in total. The van der Waals surface area contributed by atoms with Gasteiger partial charge in [0.05, 0.1) is 24.8 Å². The first-order valence-electron chi connectivity index (χ1n) is 7.51. The van der Waals surface area contributed by atoms with E-state index in [-0.39, 0.29) is 0 Å². The van der Waals surface area contributed by atoms with E-state index in [9.17, 15) is 0 Å². The van der Waals surface area contributed by atoms with Crippen LogP contribution in [-0.2, 0) is 11.2 Å². The maximum atomic E-state index is 6.24. The fraction of sp³-hybridized carbons (Fsp3) is 0.625. The lowest BCUT2D eigenvalue weighted by atomic mass is 10.1. The van der Waals surface area contributed by atoms with Gasteiger partial charge in [-0.1, -0.05) is 24.6 Å². The Morgan fingerprint density at radius 2 is 2.10 bits per heavy atom. The standard InChI is InChI=1S/C16H24ClNO2/c1-2-10-20-16-6-5-14(13-15(16)17)4-3-7-18-8-11-19-12-9-18/h5-6,13H,2-4,7-12H2,1H3. The molecule has 0 amide bonds. The third-order valence-electron chi connectivity index (χ3n) is 3.50. The van der Waals surface area contributed by atoms with Crippen LogP contribution < -0.4 is 4.74 Å². The second-order valence-corrected chi connectivity index (χ2v) is 5.58. The molecule has 0 unspecified atom stereocenters. The number of halogens is 1. The van der Waals surface area contributed by atoms with Gasteiger partial charge in [0.25, 0.3) is 0 Å². The lowest BCUT2D eigenvalue weighted by Gasteiger charge is -2.26. The average Bonchev–Trinajstić information content (AvgIpc) is 2.47. The quantitative estimate of drug-likeness (QED) is 0.770. The zero-order valence-corrected chi connectivity index (χ0v) is 13.0. The lowest BCUT2D eigenvalue weighted by Crippen LogP contribution is -2.36. The van der Waals surface area contributed by atoms with E-state index < -0.39 is 0 Å². The highest BCUT2D eigenvalue weighted by Crippen LogP contribution is 2.26. The van der Waals surface area contributed by atoms with Gasteiger partial charge in [0, 0.05) is 13.1 Å². The molecule has 0 atom stereocenters. The highest BCUT2D eigenvalue weighted by atomic mass is 35.5. The van der Waals surface area contributed by atoms with Gasteiger partial charge >= 0.3 is 0 Å². The molecule has 112 valence electrons. The van der Waals surface area contributed by atoms with Gasteiger partial charge < -0.3 is 9.47 Å². The molecule has 20 heavy (non-hydrogen) atoms. The molecule has 1 aromatic carbocycles. The minimum atomic E-state index is 0.718. The number of ether oxygens (including phenoxy) is 2. The number of morpholine rings is 1. The zero-order valence-electron chi connectivity index (χ0n) is 12.2. The van der Waals surface area contributed by atoms with Crippen LogP contribution in [0.2, 0.25) is 5.02 Å².